The van der Waals surface area contributed by atoms with E-state index in [1.165, 1.54) is 6.08 Å². The van der Waals surface area contributed by atoms with Gasteiger partial charge in [0.2, 0.25) is 5.91 Å². The smallest absolute Gasteiger partial charge is 0.244 e. The van der Waals surface area contributed by atoms with Gasteiger partial charge in [-0.1, -0.05) is 85.8 Å². The van der Waals surface area contributed by atoms with Crippen LogP contribution in [0.2, 0.25) is 0 Å². The highest BCUT2D eigenvalue weighted by molar-refractivity contribution is 5.88. The minimum absolute atomic E-state index is 0.00853. The van der Waals surface area contributed by atoms with Crippen LogP contribution in [0.15, 0.2) is 84.1 Å². The molecule has 4 atom stereocenters. The van der Waals surface area contributed by atoms with Crippen molar-refractivity contribution in [1.82, 2.24) is 5.32 Å². The van der Waals surface area contributed by atoms with Crippen molar-refractivity contribution in [3.63, 3.8) is 0 Å². The van der Waals surface area contributed by atoms with Crippen molar-refractivity contribution in [2.45, 2.75) is 77.2 Å². The average molecular weight is 456 g/mol. The van der Waals surface area contributed by atoms with Crippen molar-refractivity contribution < 1.29 is 19.7 Å². The van der Waals surface area contributed by atoms with Gasteiger partial charge in [-0.15, -0.1) is 0 Å². The third-order valence-corrected chi connectivity index (χ3v) is 5.28. The number of methoxy groups -OCH3 is 1. The molecule has 5 heteroatoms. The zero-order valence-corrected chi connectivity index (χ0v) is 20.5. The molecule has 1 amide bonds. The normalized spacial score (nSPS) is 33.2. The fraction of sp³-hybridized carbons (Fsp3) is 0.464. The van der Waals surface area contributed by atoms with Gasteiger partial charge in [0.25, 0.3) is 0 Å². The number of carbonyl (C=O) groups is 1. The highest BCUT2D eigenvalue weighted by Gasteiger charge is 2.12. The number of aliphatic hydroxyl groups is 2. The number of hydrogen-bond donors (Lipinski definition) is 3. The van der Waals surface area contributed by atoms with Crippen LogP contribution in [0, 0.1) is 0 Å². The number of unbranched alkanes of at least 4 members (excludes halogenated alkanes) is 1. The third kappa shape index (κ3) is 13.0. The van der Waals surface area contributed by atoms with Crippen molar-refractivity contribution >= 4 is 5.91 Å². The van der Waals surface area contributed by atoms with Gasteiger partial charge in [0.15, 0.2) is 0 Å². The summed E-state index contributed by atoms with van der Waals surface area (Å²) in [5, 5.41) is 23.5. The molecule has 3 N–H and O–H groups in total. The Kier molecular flexibility index (Phi) is 14.8. The number of amides is 1. The molecular formula is C28H41NO4. The van der Waals surface area contributed by atoms with Crippen molar-refractivity contribution in [2.24, 2.45) is 0 Å². The first kappa shape index (κ1) is 28.6. The van der Waals surface area contributed by atoms with E-state index in [0.717, 1.165) is 36.8 Å². The van der Waals surface area contributed by atoms with Gasteiger partial charge in [-0.25, -0.2) is 0 Å². The first-order chi connectivity index (χ1) is 15.9. The minimum Gasteiger partial charge on any atom is -0.386 e. The molecule has 1 rings (SSSR count). The fourth-order valence-electron chi connectivity index (χ4n) is 3.28. The Morgan fingerprint density at radius 3 is 2.55 bits per heavy atom. The van der Waals surface area contributed by atoms with Crippen LogP contribution >= 0.6 is 0 Å². The summed E-state index contributed by atoms with van der Waals surface area (Å²) in [5.74, 6) is -0.148. The second-order valence-corrected chi connectivity index (χ2v) is 8.27. The van der Waals surface area contributed by atoms with E-state index in [0.29, 0.717) is 6.42 Å². The predicted molar refractivity (Wildman–Crippen MR) is 137 cm³/mol. The molecule has 0 radical (unpaired) electrons. The van der Waals surface area contributed by atoms with Crippen LogP contribution in [-0.4, -0.2) is 47.6 Å². The van der Waals surface area contributed by atoms with E-state index in [1.54, 1.807) is 37.5 Å². The van der Waals surface area contributed by atoms with Crippen molar-refractivity contribution in [3.05, 3.63) is 84.1 Å². The summed E-state index contributed by atoms with van der Waals surface area (Å²) < 4.78 is 5.57. The molecule has 4 unspecified atom stereocenters. The molecular weight excluding hydrogens is 414 g/mol. The van der Waals surface area contributed by atoms with Crippen molar-refractivity contribution in [1.29, 1.82) is 0 Å². The standard InChI is InChI=1S/C28H41NO4/c1-5-6-7-8-16-24-17-11-10-15-23(3)27(33-4)19-13-18-25(30)26(31)21-22(2)14-9-12-20-28(32)29-24/h7-15,18,20-21,24-27,30-31H,5-6,16-17,19H2,1-4H3,(H,29,32)/b8-7+,11-10+,14-9+,18-13-,20-12+,22-21-,23-15+. The Morgan fingerprint density at radius 2 is 1.82 bits per heavy atom. The molecule has 0 aromatic heterocycles. The van der Waals surface area contributed by atoms with Crippen LogP contribution in [-0.2, 0) is 9.53 Å². The highest BCUT2D eigenvalue weighted by Crippen LogP contribution is 2.13. The van der Waals surface area contributed by atoms with Gasteiger partial charge in [-0.3, -0.25) is 4.79 Å². The van der Waals surface area contributed by atoms with Crippen LogP contribution in [0.1, 0.15) is 52.9 Å². The molecule has 1 heterocycles. The highest BCUT2D eigenvalue weighted by atomic mass is 16.5. The molecule has 0 aromatic carbocycles. The summed E-state index contributed by atoms with van der Waals surface area (Å²) in [6, 6.07) is 0.00853. The third-order valence-electron chi connectivity index (χ3n) is 5.28. The molecule has 0 aliphatic carbocycles. The van der Waals surface area contributed by atoms with Crippen LogP contribution in [0.25, 0.3) is 0 Å². The van der Waals surface area contributed by atoms with E-state index in [-0.39, 0.29) is 18.1 Å². The van der Waals surface area contributed by atoms with E-state index in [1.807, 2.05) is 32.1 Å². The lowest BCUT2D eigenvalue weighted by Gasteiger charge is -2.15. The molecule has 0 saturated heterocycles. The summed E-state index contributed by atoms with van der Waals surface area (Å²) in [4.78, 5) is 12.4. The van der Waals surface area contributed by atoms with E-state index < -0.39 is 12.2 Å². The van der Waals surface area contributed by atoms with E-state index in [9.17, 15) is 15.0 Å². The number of ether oxygens (including phenoxy) is 1. The van der Waals surface area contributed by atoms with Gasteiger partial charge in [0.05, 0.1) is 6.10 Å². The van der Waals surface area contributed by atoms with Crippen molar-refractivity contribution in [3.8, 4) is 0 Å². The van der Waals surface area contributed by atoms with Crippen LogP contribution in [0.3, 0.4) is 0 Å². The number of nitrogens with one attached hydrogen (secondary N) is 1. The Bertz CT molecular complexity index is 786. The molecule has 0 fully saturated rings. The minimum atomic E-state index is -1.02. The maximum absolute atomic E-state index is 12.4. The fourth-order valence-corrected chi connectivity index (χ4v) is 3.28. The summed E-state index contributed by atoms with van der Waals surface area (Å²) in [7, 11) is 1.66. The maximum Gasteiger partial charge on any atom is 0.244 e. The molecule has 0 bridgehead atoms. The number of hydrogen-bond acceptors (Lipinski definition) is 4. The summed E-state index contributed by atoms with van der Waals surface area (Å²) in [6.45, 7) is 5.97. The van der Waals surface area contributed by atoms with Gasteiger partial charge in [-0.2, -0.15) is 0 Å². The Hall–Kier alpha value is -2.47. The van der Waals surface area contributed by atoms with E-state index in [4.69, 9.17) is 4.74 Å². The predicted octanol–water partition coefficient (Wildman–Crippen LogP) is 4.87. The van der Waals surface area contributed by atoms with Gasteiger partial charge in [0, 0.05) is 19.2 Å². The van der Waals surface area contributed by atoms with Crippen LogP contribution < -0.4 is 5.32 Å². The Balaban J connectivity index is 3.08. The zero-order chi connectivity index (χ0) is 24.5. The second-order valence-electron chi connectivity index (χ2n) is 8.27. The zero-order valence-electron chi connectivity index (χ0n) is 20.5. The van der Waals surface area contributed by atoms with Gasteiger partial charge < -0.3 is 20.3 Å². The molecule has 0 spiro atoms. The lowest BCUT2D eigenvalue weighted by atomic mass is 10.0. The molecule has 1 aliphatic heterocycles. The van der Waals surface area contributed by atoms with Crippen LogP contribution in [0.4, 0.5) is 0 Å². The monoisotopic (exact) mass is 455 g/mol. The number of allylic oxidation sites excluding steroid dienone is 7. The molecule has 33 heavy (non-hydrogen) atoms. The Morgan fingerprint density at radius 1 is 1.06 bits per heavy atom. The van der Waals surface area contributed by atoms with E-state index >= 15 is 0 Å². The van der Waals surface area contributed by atoms with Gasteiger partial charge >= 0.3 is 0 Å². The van der Waals surface area contributed by atoms with Crippen molar-refractivity contribution in [2.75, 3.05) is 7.11 Å². The molecule has 1 aliphatic rings. The van der Waals surface area contributed by atoms with E-state index in [2.05, 4.69) is 30.5 Å². The molecule has 182 valence electrons. The first-order valence-corrected chi connectivity index (χ1v) is 11.7. The topological polar surface area (TPSA) is 78.8 Å². The first-order valence-electron chi connectivity index (χ1n) is 11.7. The lowest BCUT2D eigenvalue weighted by molar-refractivity contribution is -0.117. The van der Waals surface area contributed by atoms with Gasteiger partial charge in [-0.05, 0) is 45.1 Å². The largest absolute Gasteiger partial charge is 0.386 e. The van der Waals surface area contributed by atoms with Gasteiger partial charge in [0.1, 0.15) is 12.2 Å². The number of aliphatic hydroxyl groups excluding tert-OH is 2. The molecule has 0 aromatic rings. The number of rotatable bonds is 5. The average Bonchev–Trinajstić information content (AvgIpc) is 2.78. The summed E-state index contributed by atoms with van der Waals surface area (Å²) >= 11 is 0. The molecule has 5 nitrogen and oxygen atoms in total. The second kappa shape index (κ2) is 17.1. The lowest BCUT2D eigenvalue weighted by Crippen LogP contribution is -2.32. The molecule has 0 saturated carbocycles. The summed E-state index contributed by atoms with van der Waals surface area (Å²) in [5.41, 5.74) is 1.84. The Labute approximate surface area is 199 Å². The maximum atomic E-state index is 12.4. The van der Waals surface area contributed by atoms with Crippen LogP contribution in [0.5, 0.6) is 0 Å². The number of carbonyl (C=O) groups excluding carboxylic acids is 1. The SMILES string of the molecule is CCC/C=C/CC1C/C=C/C=C(\C)C(OC)C/C=C\C(O)C(O)\C=C(C)/C=C/C=C/C(=O)N1. The quantitative estimate of drug-likeness (QED) is 0.517. The summed E-state index contributed by atoms with van der Waals surface area (Å²) in [6.07, 6.45) is 24.1.